The van der Waals surface area contributed by atoms with Crippen molar-refractivity contribution in [1.82, 2.24) is 0 Å². The van der Waals surface area contributed by atoms with E-state index in [1.807, 2.05) is 0 Å². The zero-order valence-electron chi connectivity index (χ0n) is 14.6. The van der Waals surface area contributed by atoms with Gasteiger partial charge in [-0.25, -0.2) is 0 Å². The van der Waals surface area contributed by atoms with Crippen LogP contribution in [0.1, 0.15) is 66.3 Å². The Morgan fingerprint density at radius 2 is 1.22 bits per heavy atom. The molecule has 23 heavy (non-hydrogen) atoms. The summed E-state index contributed by atoms with van der Waals surface area (Å²) in [4.78, 5) is 0. The van der Waals surface area contributed by atoms with Gasteiger partial charge in [0.2, 0.25) is 0 Å². The summed E-state index contributed by atoms with van der Waals surface area (Å²) < 4.78 is 0. The van der Waals surface area contributed by atoms with Gasteiger partial charge in [0.25, 0.3) is 0 Å². The molecule has 0 N–H and O–H groups in total. The Kier molecular flexibility index (Phi) is 2.58. The van der Waals surface area contributed by atoms with Crippen LogP contribution in [0.15, 0.2) is 30.3 Å². The lowest BCUT2D eigenvalue weighted by molar-refractivity contribution is 0.299. The number of rotatable bonds is 0. The molecule has 0 heterocycles. The van der Waals surface area contributed by atoms with E-state index in [2.05, 4.69) is 51.1 Å². The lowest BCUT2D eigenvalue weighted by Crippen LogP contribution is -2.43. The Morgan fingerprint density at radius 3 is 1.87 bits per heavy atom. The smallest absolute Gasteiger partial charge is 0.00563 e. The highest BCUT2D eigenvalue weighted by Crippen LogP contribution is 2.69. The molecule has 118 valence electrons. The molecule has 0 unspecified atom stereocenters. The summed E-state index contributed by atoms with van der Waals surface area (Å²) in [7, 11) is 0. The molecule has 2 fully saturated rings. The van der Waals surface area contributed by atoms with Crippen LogP contribution >= 0.6 is 0 Å². The van der Waals surface area contributed by atoms with Gasteiger partial charge in [0.1, 0.15) is 0 Å². The molecule has 0 saturated heterocycles. The van der Waals surface area contributed by atoms with E-state index in [0.29, 0.717) is 10.8 Å². The number of hydrogen-bond acceptors (Lipinski definition) is 0. The maximum absolute atomic E-state index is 2.55. The van der Waals surface area contributed by atoms with Gasteiger partial charge >= 0.3 is 0 Å². The standard InChI is InChI=1S/C23H26/c1-15-6-7-18-19-13-16(2)17(3)14-21(19)23-10-4-8-22(23,9-5-11-23)20(18)12-15/h6-7,12-14H,4-5,8-11H2,1-3H3. The van der Waals surface area contributed by atoms with E-state index in [9.17, 15) is 0 Å². The average molecular weight is 302 g/mol. The third-order valence-corrected chi connectivity index (χ3v) is 7.46. The van der Waals surface area contributed by atoms with Gasteiger partial charge in [-0.1, -0.05) is 48.7 Å². The molecule has 0 aliphatic heterocycles. The Morgan fingerprint density at radius 1 is 0.652 bits per heavy atom. The fourth-order valence-electron chi connectivity index (χ4n) is 6.37. The molecule has 0 atom stereocenters. The predicted molar refractivity (Wildman–Crippen MR) is 97.1 cm³/mol. The molecule has 5 rings (SSSR count). The van der Waals surface area contributed by atoms with Gasteiger partial charge in [0, 0.05) is 10.8 Å². The second-order valence-electron chi connectivity index (χ2n) is 8.40. The number of benzene rings is 2. The van der Waals surface area contributed by atoms with E-state index in [0.717, 1.165) is 0 Å². The Labute approximate surface area is 139 Å². The largest absolute Gasteiger partial charge is 0.0587 e. The molecule has 2 saturated carbocycles. The van der Waals surface area contributed by atoms with Gasteiger partial charge in [-0.3, -0.25) is 0 Å². The minimum Gasteiger partial charge on any atom is -0.0587 e. The Balaban J connectivity index is 1.94. The number of aryl methyl sites for hydroxylation is 3. The van der Waals surface area contributed by atoms with E-state index in [1.165, 1.54) is 60.8 Å². The van der Waals surface area contributed by atoms with E-state index in [-0.39, 0.29) is 0 Å². The van der Waals surface area contributed by atoms with Gasteiger partial charge in [0.05, 0.1) is 0 Å². The maximum Gasteiger partial charge on any atom is 0.00563 e. The van der Waals surface area contributed by atoms with Crippen molar-refractivity contribution in [3.63, 3.8) is 0 Å². The lowest BCUT2D eigenvalue weighted by Gasteiger charge is -2.48. The summed E-state index contributed by atoms with van der Waals surface area (Å²) in [5, 5.41) is 0. The first kappa shape index (κ1) is 13.8. The maximum atomic E-state index is 2.55. The fraction of sp³-hybridized carbons (Fsp3) is 0.478. The van der Waals surface area contributed by atoms with Gasteiger partial charge in [-0.2, -0.15) is 0 Å². The van der Waals surface area contributed by atoms with Gasteiger partial charge in [-0.05, 0) is 79.8 Å². The van der Waals surface area contributed by atoms with Gasteiger partial charge < -0.3 is 0 Å². The second-order valence-corrected chi connectivity index (χ2v) is 8.40. The number of fused-ring (bicyclic) bond motifs is 3. The SMILES string of the molecule is Cc1ccc2c(c1)C13CCCC1(CCC3)c1cc(C)c(C)cc1-2. The Hall–Kier alpha value is -1.56. The molecule has 3 aliphatic carbocycles. The molecular formula is C23H26. The molecule has 3 aliphatic rings. The molecule has 2 aromatic rings. The molecule has 0 bridgehead atoms. The lowest BCUT2D eigenvalue weighted by atomic mass is 9.55. The summed E-state index contributed by atoms with van der Waals surface area (Å²) >= 11 is 0. The predicted octanol–water partition coefficient (Wildman–Crippen LogP) is 6.14. The molecule has 2 aromatic carbocycles. The zero-order valence-corrected chi connectivity index (χ0v) is 14.6. The molecule has 0 radical (unpaired) electrons. The second kappa shape index (κ2) is 4.29. The van der Waals surface area contributed by atoms with Crippen LogP contribution in [0.2, 0.25) is 0 Å². The van der Waals surface area contributed by atoms with E-state index in [1.54, 1.807) is 16.7 Å². The first-order valence-corrected chi connectivity index (χ1v) is 9.31. The van der Waals surface area contributed by atoms with E-state index in [4.69, 9.17) is 0 Å². The summed E-state index contributed by atoms with van der Waals surface area (Å²) in [6.07, 6.45) is 8.40. The van der Waals surface area contributed by atoms with Crippen LogP contribution in [0.4, 0.5) is 0 Å². The van der Waals surface area contributed by atoms with Crippen molar-refractivity contribution < 1.29 is 0 Å². The highest BCUT2D eigenvalue weighted by atomic mass is 14.6. The van der Waals surface area contributed by atoms with E-state index < -0.39 is 0 Å². The molecule has 0 spiro atoms. The minimum absolute atomic E-state index is 0.432. The number of hydrogen-bond donors (Lipinski definition) is 0. The molecule has 0 aromatic heterocycles. The molecule has 0 amide bonds. The van der Waals surface area contributed by atoms with Crippen molar-refractivity contribution in [1.29, 1.82) is 0 Å². The van der Waals surface area contributed by atoms with Crippen molar-refractivity contribution >= 4 is 0 Å². The third-order valence-electron chi connectivity index (χ3n) is 7.46. The molecule has 0 nitrogen and oxygen atoms in total. The first-order chi connectivity index (χ1) is 11.1. The van der Waals surface area contributed by atoms with Crippen LogP contribution in [-0.2, 0) is 10.8 Å². The zero-order chi connectivity index (χ0) is 15.8. The van der Waals surface area contributed by atoms with Crippen LogP contribution in [0, 0.1) is 20.8 Å². The quantitative estimate of drug-likeness (QED) is 0.548. The monoisotopic (exact) mass is 302 g/mol. The minimum atomic E-state index is 0.432. The average Bonchev–Trinajstić information content (AvgIpc) is 3.06. The van der Waals surface area contributed by atoms with Crippen LogP contribution < -0.4 is 0 Å². The third kappa shape index (κ3) is 1.48. The topological polar surface area (TPSA) is 0 Å². The summed E-state index contributed by atoms with van der Waals surface area (Å²) in [6, 6.07) is 12.3. The van der Waals surface area contributed by atoms with Crippen LogP contribution in [0.3, 0.4) is 0 Å². The summed E-state index contributed by atoms with van der Waals surface area (Å²) in [5.41, 5.74) is 11.7. The van der Waals surface area contributed by atoms with Crippen molar-refractivity contribution in [2.75, 3.05) is 0 Å². The fourth-order valence-corrected chi connectivity index (χ4v) is 6.37. The van der Waals surface area contributed by atoms with Crippen molar-refractivity contribution in [2.45, 2.75) is 70.1 Å². The van der Waals surface area contributed by atoms with Crippen LogP contribution in [0.25, 0.3) is 11.1 Å². The van der Waals surface area contributed by atoms with Crippen molar-refractivity contribution in [3.8, 4) is 11.1 Å². The highest BCUT2D eigenvalue weighted by Gasteiger charge is 2.62. The Bertz CT molecular complexity index is 814. The highest BCUT2D eigenvalue weighted by molar-refractivity contribution is 5.80. The van der Waals surface area contributed by atoms with Crippen molar-refractivity contribution in [3.05, 3.63) is 58.1 Å². The molecule has 0 heteroatoms. The van der Waals surface area contributed by atoms with Crippen molar-refractivity contribution in [2.24, 2.45) is 0 Å². The van der Waals surface area contributed by atoms with Gasteiger partial charge in [-0.15, -0.1) is 0 Å². The normalized spacial score (nSPS) is 30.6. The first-order valence-electron chi connectivity index (χ1n) is 9.31. The summed E-state index contributed by atoms with van der Waals surface area (Å²) in [6.45, 7) is 6.83. The van der Waals surface area contributed by atoms with Crippen LogP contribution in [0.5, 0.6) is 0 Å². The van der Waals surface area contributed by atoms with Crippen LogP contribution in [-0.4, -0.2) is 0 Å². The van der Waals surface area contributed by atoms with Gasteiger partial charge in [0.15, 0.2) is 0 Å². The van der Waals surface area contributed by atoms with E-state index >= 15 is 0 Å². The molecular weight excluding hydrogens is 276 g/mol. The summed E-state index contributed by atoms with van der Waals surface area (Å²) in [5.74, 6) is 0.